The molecule has 0 aromatic heterocycles. The van der Waals surface area contributed by atoms with Gasteiger partial charge in [-0.3, -0.25) is 0 Å². The first-order valence-electron chi connectivity index (χ1n) is 8.48. The molecule has 1 N–H and O–H groups in total. The van der Waals surface area contributed by atoms with E-state index in [9.17, 15) is 14.7 Å². The average molecular weight is 330 g/mol. The van der Waals surface area contributed by atoms with Crippen LogP contribution in [0.1, 0.15) is 46.0 Å². The van der Waals surface area contributed by atoms with Crippen molar-refractivity contribution in [1.29, 1.82) is 0 Å². The number of ether oxygens (including phenoxy) is 1. The molecule has 0 radical (unpaired) electrons. The van der Waals surface area contributed by atoms with Gasteiger partial charge in [-0.1, -0.05) is 32.6 Å². The third-order valence-electron chi connectivity index (χ3n) is 5.44. The van der Waals surface area contributed by atoms with Crippen molar-refractivity contribution in [2.75, 3.05) is 6.61 Å². The molecule has 0 fully saturated rings. The van der Waals surface area contributed by atoms with E-state index in [-0.39, 0.29) is 11.4 Å². The Morgan fingerprint density at radius 3 is 2.88 bits per heavy atom. The minimum absolute atomic E-state index is 0.0507. The van der Waals surface area contributed by atoms with E-state index in [2.05, 4.69) is 20.4 Å². The van der Waals surface area contributed by atoms with E-state index in [0.717, 1.165) is 31.3 Å². The Hall–Kier alpha value is -2.10. The molecule has 24 heavy (non-hydrogen) atoms. The molecule has 1 aliphatic carbocycles. The average Bonchev–Trinajstić information content (AvgIpc) is 2.94. The SMILES string of the molecule is C=C1CC[C@H](C)[C@@](C)(CCC2=CCOC2=O)C/C=C\C=C/1C(=O)O. The summed E-state index contributed by atoms with van der Waals surface area (Å²) >= 11 is 0. The lowest BCUT2D eigenvalue weighted by atomic mass is 9.69. The number of allylic oxidation sites excluding steroid dienone is 3. The van der Waals surface area contributed by atoms with Crippen molar-refractivity contribution < 1.29 is 19.4 Å². The Balaban J connectivity index is 2.13. The first kappa shape index (κ1) is 18.2. The first-order valence-corrected chi connectivity index (χ1v) is 8.48. The topological polar surface area (TPSA) is 63.6 Å². The second-order valence-electron chi connectivity index (χ2n) is 7.04. The van der Waals surface area contributed by atoms with E-state index in [1.165, 1.54) is 0 Å². The van der Waals surface area contributed by atoms with E-state index in [0.29, 0.717) is 30.1 Å². The van der Waals surface area contributed by atoms with Gasteiger partial charge in [-0.05, 0) is 61.2 Å². The fourth-order valence-corrected chi connectivity index (χ4v) is 3.28. The zero-order valence-corrected chi connectivity index (χ0v) is 14.5. The standard InChI is InChI=1S/C20H26O4/c1-14-7-8-15(2)20(3,11-5-4-6-17(14)18(21)22)12-9-16-10-13-24-19(16)23/h4-6,10,15H,1,7-9,11-13H2,2-3H3,(H,21,22)/b5-4-,17-6+/t15-,20+/m0/s1. The highest BCUT2D eigenvalue weighted by Gasteiger charge is 2.31. The number of rotatable bonds is 4. The lowest BCUT2D eigenvalue weighted by molar-refractivity contribution is -0.136. The summed E-state index contributed by atoms with van der Waals surface area (Å²) < 4.78 is 4.97. The molecule has 0 spiro atoms. The van der Waals surface area contributed by atoms with Crippen molar-refractivity contribution in [3.05, 3.63) is 47.6 Å². The van der Waals surface area contributed by atoms with Gasteiger partial charge in [0.05, 0.1) is 5.57 Å². The molecule has 130 valence electrons. The Morgan fingerprint density at radius 2 is 2.25 bits per heavy atom. The summed E-state index contributed by atoms with van der Waals surface area (Å²) in [6, 6.07) is 0. The van der Waals surface area contributed by atoms with Crippen LogP contribution in [0.25, 0.3) is 0 Å². The van der Waals surface area contributed by atoms with Gasteiger partial charge >= 0.3 is 11.9 Å². The van der Waals surface area contributed by atoms with E-state index in [4.69, 9.17) is 4.74 Å². The zero-order chi connectivity index (χ0) is 17.7. The molecule has 4 heteroatoms. The van der Waals surface area contributed by atoms with Gasteiger partial charge < -0.3 is 9.84 Å². The third kappa shape index (κ3) is 4.25. The zero-order valence-electron chi connectivity index (χ0n) is 14.5. The van der Waals surface area contributed by atoms with Crippen LogP contribution in [-0.4, -0.2) is 23.7 Å². The van der Waals surface area contributed by atoms with Gasteiger partial charge in [-0.2, -0.15) is 0 Å². The van der Waals surface area contributed by atoms with Crippen LogP contribution in [0.5, 0.6) is 0 Å². The summed E-state index contributed by atoms with van der Waals surface area (Å²) in [6.07, 6.45) is 11.4. The smallest absolute Gasteiger partial charge is 0.335 e. The van der Waals surface area contributed by atoms with Crippen molar-refractivity contribution in [2.45, 2.75) is 46.0 Å². The molecule has 0 unspecified atom stereocenters. The summed E-state index contributed by atoms with van der Waals surface area (Å²) in [7, 11) is 0. The predicted molar refractivity (Wildman–Crippen MR) is 93.4 cm³/mol. The second-order valence-corrected chi connectivity index (χ2v) is 7.04. The van der Waals surface area contributed by atoms with Gasteiger partial charge in [0.2, 0.25) is 0 Å². The van der Waals surface area contributed by atoms with Gasteiger partial charge in [0.25, 0.3) is 0 Å². The molecule has 1 aliphatic heterocycles. The number of esters is 1. The lowest BCUT2D eigenvalue weighted by Gasteiger charge is -2.36. The fraction of sp³-hybridized carbons (Fsp3) is 0.500. The molecular formula is C20H26O4. The molecule has 0 saturated carbocycles. The number of carbonyl (C=O) groups is 2. The van der Waals surface area contributed by atoms with Gasteiger partial charge in [0.1, 0.15) is 6.61 Å². The van der Waals surface area contributed by atoms with Gasteiger partial charge in [-0.15, -0.1) is 0 Å². The molecule has 0 aromatic carbocycles. The molecular weight excluding hydrogens is 304 g/mol. The summed E-state index contributed by atoms with van der Waals surface area (Å²) in [5, 5.41) is 9.27. The minimum atomic E-state index is -0.924. The summed E-state index contributed by atoms with van der Waals surface area (Å²) in [4.78, 5) is 22.9. The van der Waals surface area contributed by atoms with Crippen molar-refractivity contribution >= 4 is 11.9 Å². The number of carbonyl (C=O) groups excluding carboxylic acids is 1. The van der Waals surface area contributed by atoms with Crippen LogP contribution in [0.4, 0.5) is 0 Å². The van der Waals surface area contributed by atoms with Crippen molar-refractivity contribution in [1.82, 2.24) is 0 Å². The van der Waals surface area contributed by atoms with Crippen LogP contribution in [0, 0.1) is 11.3 Å². The minimum Gasteiger partial charge on any atom is -0.478 e. The van der Waals surface area contributed by atoms with Crippen LogP contribution in [-0.2, 0) is 14.3 Å². The number of cyclic esters (lactones) is 1. The maximum atomic E-state index is 11.6. The number of carboxylic acid groups (broad SMARTS) is 1. The Bertz CT molecular complexity index is 624. The molecule has 2 rings (SSSR count). The predicted octanol–water partition coefficient (Wildman–Crippen LogP) is 4.20. The van der Waals surface area contributed by atoms with E-state index >= 15 is 0 Å². The monoisotopic (exact) mass is 330 g/mol. The Kier molecular flexibility index (Phi) is 5.81. The maximum absolute atomic E-state index is 11.6. The van der Waals surface area contributed by atoms with Crippen LogP contribution in [0.15, 0.2) is 47.6 Å². The molecule has 0 bridgehead atoms. The quantitative estimate of drug-likeness (QED) is 0.785. The second kappa shape index (κ2) is 7.65. The normalized spacial score (nSPS) is 31.7. The third-order valence-corrected chi connectivity index (χ3v) is 5.44. The summed E-state index contributed by atoms with van der Waals surface area (Å²) in [5.41, 5.74) is 1.79. The van der Waals surface area contributed by atoms with Crippen LogP contribution >= 0.6 is 0 Å². The number of hydrogen-bond acceptors (Lipinski definition) is 3. The number of aliphatic carboxylic acids is 1. The van der Waals surface area contributed by atoms with Gasteiger partial charge in [-0.25, -0.2) is 9.59 Å². The molecule has 1 heterocycles. The largest absolute Gasteiger partial charge is 0.478 e. The Labute approximate surface area is 143 Å². The van der Waals surface area contributed by atoms with Crippen LogP contribution < -0.4 is 0 Å². The lowest BCUT2D eigenvalue weighted by Crippen LogP contribution is -2.26. The van der Waals surface area contributed by atoms with Gasteiger partial charge in [0, 0.05) is 5.57 Å². The highest BCUT2D eigenvalue weighted by molar-refractivity contribution is 5.92. The van der Waals surface area contributed by atoms with E-state index in [1.54, 1.807) is 6.08 Å². The molecule has 2 aliphatic rings. The van der Waals surface area contributed by atoms with E-state index < -0.39 is 5.97 Å². The van der Waals surface area contributed by atoms with Crippen LogP contribution in [0.3, 0.4) is 0 Å². The fourth-order valence-electron chi connectivity index (χ4n) is 3.28. The Morgan fingerprint density at radius 1 is 1.50 bits per heavy atom. The highest BCUT2D eigenvalue weighted by atomic mass is 16.5. The highest BCUT2D eigenvalue weighted by Crippen LogP contribution is 2.41. The molecule has 0 amide bonds. The molecule has 0 aromatic rings. The van der Waals surface area contributed by atoms with E-state index in [1.807, 2.05) is 18.2 Å². The number of carboxylic acids is 1. The summed E-state index contributed by atoms with van der Waals surface area (Å²) in [6.45, 7) is 8.78. The van der Waals surface area contributed by atoms with Crippen molar-refractivity contribution in [3.8, 4) is 0 Å². The van der Waals surface area contributed by atoms with Crippen molar-refractivity contribution in [2.24, 2.45) is 11.3 Å². The number of hydrogen-bond donors (Lipinski definition) is 1. The molecule has 2 atom stereocenters. The molecule has 4 nitrogen and oxygen atoms in total. The maximum Gasteiger partial charge on any atom is 0.335 e. The molecule has 0 saturated heterocycles. The van der Waals surface area contributed by atoms with Crippen molar-refractivity contribution in [3.63, 3.8) is 0 Å². The summed E-state index contributed by atoms with van der Waals surface area (Å²) in [5.74, 6) is -0.721. The first-order chi connectivity index (χ1) is 11.3. The van der Waals surface area contributed by atoms with Crippen LogP contribution in [0.2, 0.25) is 0 Å². The van der Waals surface area contributed by atoms with Gasteiger partial charge in [0.15, 0.2) is 0 Å².